The van der Waals surface area contributed by atoms with Crippen LogP contribution in [0.25, 0.3) is 21.2 Å². The van der Waals surface area contributed by atoms with Crippen LogP contribution in [-0.4, -0.2) is 6.54 Å². The molecule has 1 heterocycles. The fourth-order valence-corrected chi connectivity index (χ4v) is 3.46. The molecule has 3 aromatic rings. The molecule has 0 saturated heterocycles. The van der Waals surface area contributed by atoms with Gasteiger partial charge >= 0.3 is 0 Å². The lowest BCUT2D eigenvalue weighted by molar-refractivity contribution is 0.681. The van der Waals surface area contributed by atoms with Gasteiger partial charge in [0.2, 0.25) is 0 Å². The summed E-state index contributed by atoms with van der Waals surface area (Å²) in [6.07, 6.45) is 1.18. The Morgan fingerprint density at radius 1 is 0.950 bits per heavy atom. The van der Waals surface area contributed by atoms with E-state index in [0.29, 0.717) is 0 Å². The van der Waals surface area contributed by atoms with Crippen LogP contribution in [0, 0.1) is 0 Å². The molecule has 102 valence electrons. The van der Waals surface area contributed by atoms with Gasteiger partial charge in [0, 0.05) is 16.3 Å². The Labute approximate surface area is 124 Å². The van der Waals surface area contributed by atoms with Crippen LogP contribution in [-0.2, 0) is 6.54 Å². The van der Waals surface area contributed by atoms with E-state index in [9.17, 15) is 0 Å². The van der Waals surface area contributed by atoms with Gasteiger partial charge in [-0.05, 0) is 41.4 Å². The molecule has 0 bridgehead atoms. The predicted octanol–water partition coefficient (Wildman–Crippen LogP) is 5.07. The lowest BCUT2D eigenvalue weighted by atomic mass is 10.0. The van der Waals surface area contributed by atoms with Crippen molar-refractivity contribution in [2.45, 2.75) is 19.9 Å². The van der Waals surface area contributed by atoms with Crippen molar-refractivity contribution in [2.24, 2.45) is 0 Å². The van der Waals surface area contributed by atoms with Crippen molar-refractivity contribution in [3.8, 4) is 10.4 Å². The molecule has 1 aromatic heterocycles. The first-order chi connectivity index (χ1) is 9.88. The molecule has 1 N–H and O–H groups in total. The van der Waals surface area contributed by atoms with Gasteiger partial charge in [-0.2, -0.15) is 0 Å². The second-order valence-corrected chi connectivity index (χ2v) is 6.14. The second-order valence-electron chi connectivity index (χ2n) is 4.97. The molecule has 0 amide bonds. The van der Waals surface area contributed by atoms with Crippen molar-refractivity contribution in [3.63, 3.8) is 0 Å². The summed E-state index contributed by atoms with van der Waals surface area (Å²) in [5.41, 5.74) is 1.34. The number of hydrogen-bond acceptors (Lipinski definition) is 2. The summed E-state index contributed by atoms with van der Waals surface area (Å²) < 4.78 is 0. The molecule has 0 atom stereocenters. The molecular weight excluding hydrogens is 262 g/mol. The van der Waals surface area contributed by atoms with Gasteiger partial charge in [0.15, 0.2) is 0 Å². The number of nitrogens with one attached hydrogen (secondary N) is 1. The van der Waals surface area contributed by atoms with Crippen LogP contribution >= 0.6 is 11.3 Å². The van der Waals surface area contributed by atoms with Crippen LogP contribution in [0.1, 0.15) is 18.2 Å². The Bertz CT molecular complexity index is 694. The molecule has 3 rings (SSSR count). The van der Waals surface area contributed by atoms with E-state index < -0.39 is 0 Å². The fourth-order valence-electron chi connectivity index (χ4n) is 2.45. The topological polar surface area (TPSA) is 12.0 Å². The minimum atomic E-state index is 0.975. The zero-order valence-electron chi connectivity index (χ0n) is 11.7. The van der Waals surface area contributed by atoms with Crippen LogP contribution in [0.3, 0.4) is 0 Å². The van der Waals surface area contributed by atoms with Gasteiger partial charge < -0.3 is 5.32 Å². The monoisotopic (exact) mass is 281 g/mol. The highest BCUT2D eigenvalue weighted by atomic mass is 32.1. The Hall–Kier alpha value is -1.64. The Morgan fingerprint density at radius 2 is 1.80 bits per heavy atom. The molecule has 0 spiro atoms. The Kier molecular flexibility index (Phi) is 4.14. The third-order valence-electron chi connectivity index (χ3n) is 3.44. The van der Waals surface area contributed by atoms with E-state index in [2.05, 4.69) is 66.8 Å². The SMILES string of the molecule is CCCNCc1ccc(-c2cccc3ccccc23)s1. The maximum absolute atomic E-state index is 3.46. The third-order valence-corrected chi connectivity index (χ3v) is 4.56. The largest absolute Gasteiger partial charge is 0.312 e. The number of fused-ring (bicyclic) bond motifs is 1. The molecule has 1 nitrogen and oxygen atoms in total. The van der Waals surface area contributed by atoms with Crippen LogP contribution < -0.4 is 5.32 Å². The van der Waals surface area contributed by atoms with Crippen LogP contribution in [0.4, 0.5) is 0 Å². The lowest BCUT2D eigenvalue weighted by Crippen LogP contribution is -2.12. The van der Waals surface area contributed by atoms with E-state index >= 15 is 0 Å². The maximum Gasteiger partial charge on any atom is 0.0352 e. The highest BCUT2D eigenvalue weighted by molar-refractivity contribution is 7.15. The maximum atomic E-state index is 3.46. The summed E-state index contributed by atoms with van der Waals surface area (Å²) in [4.78, 5) is 2.76. The van der Waals surface area contributed by atoms with E-state index in [1.807, 2.05) is 11.3 Å². The summed E-state index contributed by atoms with van der Waals surface area (Å²) in [7, 11) is 0. The standard InChI is InChI=1S/C18H19NS/c1-2-12-19-13-15-10-11-18(20-15)17-9-5-7-14-6-3-4-8-16(14)17/h3-11,19H,2,12-13H2,1H3. The second kappa shape index (κ2) is 6.21. The summed E-state index contributed by atoms with van der Waals surface area (Å²) >= 11 is 1.89. The summed E-state index contributed by atoms with van der Waals surface area (Å²) in [5.74, 6) is 0. The highest BCUT2D eigenvalue weighted by Gasteiger charge is 2.06. The predicted molar refractivity (Wildman–Crippen MR) is 89.3 cm³/mol. The first-order valence-corrected chi connectivity index (χ1v) is 7.97. The number of hydrogen-bond donors (Lipinski definition) is 1. The highest BCUT2D eigenvalue weighted by Crippen LogP contribution is 2.33. The third kappa shape index (κ3) is 2.77. The van der Waals surface area contributed by atoms with E-state index in [4.69, 9.17) is 0 Å². The first kappa shape index (κ1) is 13.3. The van der Waals surface area contributed by atoms with Crippen molar-refractivity contribution >= 4 is 22.1 Å². The first-order valence-electron chi connectivity index (χ1n) is 7.16. The Balaban J connectivity index is 1.91. The van der Waals surface area contributed by atoms with Crippen LogP contribution in [0.2, 0.25) is 0 Å². The number of benzene rings is 2. The molecule has 0 unspecified atom stereocenters. The Morgan fingerprint density at radius 3 is 2.70 bits per heavy atom. The molecule has 20 heavy (non-hydrogen) atoms. The van der Waals surface area contributed by atoms with Gasteiger partial charge in [-0.25, -0.2) is 0 Å². The zero-order chi connectivity index (χ0) is 13.8. The minimum Gasteiger partial charge on any atom is -0.312 e. The summed E-state index contributed by atoms with van der Waals surface area (Å²) in [6.45, 7) is 4.26. The van der Waals surface area contributed by atoms with Gasteiger partial charge in [-0.3, -0.25) is 0 Å². The van der Waals surface area contributed by atoms with Crippen molar-refractivity contribution in [2.75, 3.05) is 6.54 Å². The van der Waals surface area contributed by atoms with Crippen molar-refractivity contribution < 1.29 is 0 Å². The summed E-state index contributed by atoms with van der Waals surface area (Å²) in [6, 6.07) is 19.6. The molecule has 0 aliphatic rings. The van der Waals surface area contributed by atoms with Gasteiger partial charge in [-0.1, -0.05) is 49.4 Å². The normalized spacial score (nSPS) is 11.1. The van der Waals surface area contributed by atoms with E-state index in [0.717, 1.165) is 13.1 Å². The molecule has 0 aliphatic heterocycles. The molecule has 0 radical (unpaired) electrons. The van der Waals surface area contributed by atoms with Gasteiger partial charge in [0.05, 0.1) is 0 Å². The molecule has 0 aliphatic carbocycles. The number of rotatable bonds is 5. The van der Waals surface area contributed by atoms with Crippen LogP contribution in [0.15, 0.2) is 54.6 Å². The average Bonchev–Trinajstić information content (AvgIpc) is 2.96. The fraction of sp³-hybridized carbons (Fsp3) is 0.222. The number of thiophene rings is 1. The van der Waals surface area contributed by atoms with Gasteiger partial charge in [-0.15, -0.1) is 11.3 Å². The zero-order valence-corrected chi connectivity index (χ0v) is 12.5. The van der Waals surface area contributed by atoms with Crippen molar-refractivity contribution in [1.29, 1.82) is 0 Å². The van der Waals surface area contributed by atoms with Gasteiger partial charge in [0.1, 0.15) is 0 Å². The van der Waals surface area contributed by atoms with Crippen molar-refractivity contribution in [3.05, 3.63) is 59.5 Å². The molecular formula is C18H19NS. The van der Waals surface area contributed by atoms with Gasteiger partial charge in [0.25, 0.3) is 0 Å². The minimum absolute atomic E-state index is 0.975. The molecule has 0 fully saturated rings. The summed E-state index contributed by atoms with van der Waals surface area (Å²) in [5, 5.41) is 6.11. The van der Waals surface area contributed by atoms with Crippen molar-refractivity contribution in [1.82, 2.24) is 5.32 Å². The average molecular weight is 281 g/mol. The molecule has 2 heteroatoms. The quantitative estimate of drug-likeness (QED) is 0.644. The van der Waals surface area contributed by atoms with Crippen LogP contribution in [0.5, 0.6) is 0 Å². The molecule has 0 saturated carbocycles. The lowest BCUT2D eigenvalue weighted by Gasteiger charge is -2.04. The van der Waals surface area contributed by atoms with E-state index in [1.165, 1.54) is 32.5 Å². The van der Waals surface area contributed by atoms with E-state index in [-0.39, 0.29) is 0 Å². The van der Waals surface area contributed by atoms with E-state index in [1.54, 1.807) is 0 Å². The smallest absolute Gasteiger partial charge is 0.0352 e. The molecule has 2 aromatic carbocycles.